The average Bonchev–Trinajstić information content (AvgIpc) is 3.59. The molecule has 5 aromatic heterocycles. The highest BCUT2D eigenvalue weighted by Crippen LogP contribution is 2.37. The van der Waals surface area contributed by atoms with Crippen LogP contribution in [0.1, 0.15) is 0 Å². The zero-order valence-electron chi connectivity index (χ0n) is 18.6. The van der Waals surface area contributed by atoms with Gasteiger partial charge < -0.3 is 0 Å². The van der Waals surface area contributed by atoms with Crippen LogP contribution in [0.15, 0.2) is 108 Å². The van der Waals surface area contributed by atoms with Crippen molar-refractivity contribution >= 4 is 65.9 Å². The van der Waals surface area contributed by atoms with Gasteiger partial charge in [0.25, 0.3) is 0 Å². The normalized spacial score (nSPS) is 12.0. The first-order chi connectivity index (χ1) is 17.4. The number of para-hydroxylation sites is 2. The number of hydrogen-bond donors (Lipinski definition) is 0. The number of benzene rings is 3. The lowest BCUT2D eigenvalue weighted by Crippen LogP contribution is -2.03. The van der Waals surface area contributed by atoms with Crippen molar-refractivity contribution in [2.24, 2.45) is 0 Å². The Hall–Kier alpha value is -4.48. The van der Waals surface area contributed by atoms with Gasteiger partial charge in [0, 0.05) is 43.9 Å². The molecule has 0 N–H and O–H groups in total. The molecule has 0 bridgehead atoms. The summed E-state index contributed by atoms with van der Waals surface area (Å²) in [6, 6.07) is 31.8. The fourth-order valence-electron chi connectivity index (χ4n) is 5.42. The van der Waals surface area contributed by atoms with Gasteiger partial charge in [-0.1, -0.05) is 66.7 Å². The summed E-state index contributed by atoms with van der Waals surface area (Å²) in [5.41, 5.74) is 4.38. The second-order valence-electron chi connectivity index (χ2n) is 8.77. The van der Waals surface area contributed by atoms with Crippen molar-refractivity contribution in [3.8, 4) is 11.6 Å². The Balaban J connectivity index is 1.45. The number of hydrogen-bond acceptors (Lipinski definition) is 3. The van der Waals surface area contributed by atoms with Crippen LogP contribution >= 0.6 is 11.3 Å². The number of nitrogens with zero attached hydrogens (tertiary/aromatic N) is 4. The SMILES string of the molecule is c1cc(-n2c3ccccc3c3ccccc32)nc(-n2c3cscc3c3c4ccccc4cnc32)c1. The summed E-state index contributed by atoms with van der Waals surface area (Å²) < 4.78 is 4.46. The van der Waals surface area contributed by atoms with Crippen molar-refractivity contribution in [1.29, 1.82) is 0 Å². The monoisotopic (exact) mass is 466 g/mol. The Labute approximate surface area is 204 Å². The Morgan fingerprint density at radius 1 is 0.543 bits per heavy atom. The van der Waals surface area contributed by atoms with E-state index in [1.54, 1.807) is 11.3 Å². The molecule has 0 aliphatic heterocycles. The van der Waals surface area contributed by atoms with Gasteiger partial charge in [0.1, 0.15) is 17.3 Å². The van der Waals surface area contributed by atoms with Crippen molar-refractivity contribution in [2.45, 2.75) is 0 Å². The standard InChI is InChI=1S/C30H18N4S/c1-2-9-20-19(8-1)16-31-30-29(20)23-17-35-18-26(23)34(30)28-15-7-14-27(32-28)33-24-12-5-3-10-21(24)22-11-4-6-13-25(22)33/h1-18H. The first-order valence-electron chi connectivity index (χ1n) is 11.6. The van der Waals surface area contributed by atoms with Crippen LogP contribution in [0.25, 0.3) is 66.2 Å². The van der Waals surface area contributed by atoms with Crippen LogP contribution < -0.4 is 0 Å². The minimum Gasteiger partial charge on any atom is -0.294 e. The van der Waals surface area contributed by atoms with Crippen LogP contribution in [-0.2, 0) is 0 Å². The molecular weight excluding hydrogens is 448 g/mol. The van der Waals surface area contributed by atoms with E-state index in [9.17, 15) is 0 Å². The van der Waals surface area contributed by atoms with Crippen molar-refractivity contribution in [2.75, 3.05) is 0 Å². The molecule has 0 atom stereocenters. The molecule has 35 heavy (non-hydrogen) atoms. The highest BCUT2D eigenvalue weighted by Gasteiger charge is 2.18. The maximum atomic E-state index is 5.21. The van der Waals surface area contributed by atoms with Crippen LogP contribution in [0.4, 0.5) is 0 Å². The highest BCUT2D eigenvalue weighted by molar-refractivity contribution is 7.09. The maximum Gasteiger partial charge on any atom is 0.147 e. The predicted octanol–water partition coefficient (Wildman–Crippen LogP) is 7.89. The highest BCUT2D eigenvalue weighted by atomic mass is 32.1. The van der Waals surface area contributed by atoms with Gasteiger partial charge in [0.2, 0.25) is 0 Å². The first kappa shape index (κ1) is 18.9. The summed E-state index contributed by atoms with van der Waals surface area (Å²) in [4.78, 5) is 10.1. The van der Waals surface area contributed by atoms with Gasteiger partial charge in [-0.15, -0.1) is 11.3 Å². The van der Waals surface area contributed by atoms with Gasteiger partial charge in [-0.3, -0.25) is 9.13 Å². The number of rotatable bonds is 2. The Bertz CT molecular complexity index is 2020. The first-order valence-corrected chi connectivity index (χ1v) is 12.5. The largest absolute Gasteiger partial charge is 0.294 e. The van der Waals surface area contributed by atoms with E-state index in [-0.39, 0.29) is 0 Å². The van der Waals surface area contributed by atoms with Crippen LogP contribution in [0.3, 0.4) is 0 Å². The smallest absolute Gasteiger partial charge is 0.147 e. The molecule has 0 saturated heterocycles. The van der Waals surface area contributed by atoms with Crippen molar-refractivity contribution in [3.63, 3.8) is 0 Å². The van der Waals surface area contributed by atoms with Crippen LogP contribution in [-0.4, -0.2) is 19.1 Å². The lowest BCUT2D eigenvalue weighted by atomic mass is 10.1. The molecule has 0 fully saturated rings. The molecular formula is C30H18N4S. The molecule has 0 amide bonds. The molecule has 0 aliphatic rings. The maximum absolute atomic E-state index is 5.21. The van der Waals surface area contributed by atoms with Crippen molar-refractivity contribution < 1.29 is 0 Å². The molecule has 0 spiro atoms. The Kier molecular flexibility index (Phi) is 3.78. The molecule has 0 radical (unpaired) electrons. The van der Waals surface area contributed by atoms with E-state index in [1.807, 2.05) is 6.20 Å². The number of thiophene rings is 1. The summed E-state index contributed by atoms with van der Waals surface area (Å²) in [5.74, 6) is 1.76. The zero-order chi connectivity index (χ0) is 22.9. The molecule has 0 aliphatic carbocycles. The van der Waals surface area contributed by atoms with E-state index in [0.717, 1.165) is 39.2 Å². The molecule has 0 saturated carbocycles. The second kappa shape index (κ2) is 7.01. The van der Waals surface area contributed by atoms with E-state index < -0.39 is 0 Å². The Morgan fingerprint density at radius 3 is 1.97 bits per heavy atom. The predicted molar refractivity (Wildman–Crippen MR) is 146 cm³/mol. The topological polar surface area (TPSA) is 35.6 Å². The summed E-state index contributed by atoms with van der Waals surface area (Å²) >= 11 is 1.72. The van der Waals surface area contributed by atoms with E-state index in [0.29, 0.717) is 0 Å². The van der Waals surface area contributed by atoms with Crippen LogP contribution in [0.5, 0.6) is 0 Å². The third-order valence-corrected chi connectivity index (χ3v) is 7.63. The molecule has 3 aromatic carbocycles. The van der Waals surface area contributed by atoms with E-state index in [2.05, 4.69) is 111 Å². The number of pyridine rings is 2. The average molecular weight is 467 g/mol. The molecule has 8 rings (SSSR count). The third-order valence-electron chi connectivity index (χ3n) is 6.90. The quantitative estimate of drug-likeness (QED) is 0.260. The number of fused-ring (bicyclic) bond motifs is 8. The fraction of sp³-hybridized carbons (Fsp3) is 0. The van der Waals surface area contributed by atoms with Crippen LogP contribution in [0, 0.1) is 0 Å². The van der Waals surface area contributed by atoms with Gasteiger partial charge in [-0.05, 0) is 29.7 Å². The molecule has 5 heterocycles. The van der Waals surface area contributed by atoms with Gasteiger partial charge in [0.15, 0.2) is 0 Å². The van der Waals surface area contributed by atoms with Crippen LogP contribution in [0.2, 0.25) is 0 Å². The third kappa shape index (κ3) is 2.56. The molecule has 8 aromatic rings. The van der Waals surface area contributed by atoms with Gasteiger partial charge in [0.05, 0.1) is 16.6 Å². The molecule has 164 valence electrons. The molecule has 5 heteroatoms. The lowest BCUT2D eigenvalue weighted by Gasteiger charge is -2.11. The minimum absolute atomic E-state index is 0.866. The lowest BCUT2D eigenvalue weighted by molar-refractivity contribution is 1.00. The Morgan fingerprint density at radius 2 is 1.20 bits per heavy atom. The summed E-state index contributed by atoms with van der Waals surface area (Å²) in [6.45, 7) is 0. The van der Waals surface area contributed by atoms with E-state index >= 15 is 0 Å². The van der Waals surface area contributed by atoms with E-state index in [1.165, 1.54) is 26.9 Å². The van der Waals surface area contributed by atoms with Crippen molar-refractivity contribution in [3.05, 3.63) is 108 Å². The number of aromatic nitrogens is 4. The molecule has 4 nitrogen and oxygen atoms in total. The zero-order valence-corrected chi connectivity index (χ0v) is 19.4. The van der Waals surface area contributed by atoms with Gasteiger partial charge >= 0.3 is 0 Å². The van der Waals surface area contributed by atoms with Gasteiger partial charge in [-0.2, -0.15) is 0 Å². The van der Waals surface area contributed by atoms with Gasteiger partial charge in [-0.25, -0.2) is 9.97 Å². The molecule has 0 unspecified atom stereocenters. The fourth-order valence-corrected chi connectivity index (χ4v) is 6.22. The van der Waals surface area contributed by atoms with Crippen molar-refractivity contribution in [1.82, 2.24) is 19.1 Å². The second-order valence-corrected chi connectivity index (χ2v) is 9.52. The van der Waals surface area contributed by atoms with E-state index in [4.69, 9.17) is 9.97 Å². The summed E-state index contributed by atoms with van der Waals surface area (Å²) in [7, 11) is 0. The minimum atomic E-state index is 0.866. The summed E-state index contributed by atoms with van der Waals surface area (Å²) in [6.07, 6.45) is 1.97. The summed E-state index contributed by atoms with van der Waals surface area (Å²) in [5, 5.41) is 11.7.